The number of nitriles is 1. The van der Waals surface area contributed by atoms with Crippen molar-refractivity contribution in [2.24, 2.45) is 11.7 Å². The van der Waals surface area contributed by atoms with E-state index in [1.54, 1.807) is 6.08 Å². The Morgan fingerprint density at radius 2 is 1.60 bits per heavy atom. The lowest BCUT2D eigenvalue weighted by Crippen LogP contribution is -2.48. The predicted octanol–water partition coefficient (Wildman–Crippen LogP) is 3.38. The molecule has 1 aliphatic rings. The minimum atomic E-state index is -1.01. The van der Waals surface area contributed by atoms with Gasteiger partial charge in [-0.1, -0.05) is 76.2 Å². The van der Waals surface area contributed by atoms with E-state index in [1.165, 1.54) is 10.1 Å². The van der Waals surface area contributed by atoms with E-state index in [0.29, 0.717) is 21.0 Å². The van der Waals surface area contributed by atoms with Crippen LogP contribution in [0.4, 0.5) is 0 Å². The number of hydrogen-bond donors (Lipinski definition) is 2. The zero-order chi connectivity index (χ0) is 25.4. The number of carbonyl (C=O) groups is 1. The number of nitrogens with two attached hydrogens (primary N) is 1. The average Bonchev–Trinajstić information content (AvgIpc) is 3.14. The monoisotopic (exact) mass is 484 g/mol. The summed E-state index contributed by atoms with van der Waals surface area (Å²) < 4.78 is 1.88. The Kier molecular flexibility index (Phi) is 6.60. The van der Waals surface area contributed by atoms with Crippen molar-refractivity contribution in [1.82, 2.24) is 4.57 Å². The van der Waals surface area contributed by atoms with E-state index in [9.17, 15) is 14.9 Å². The van der Waals surface area contributed by atoms with Gasteiger partial charge in [0, 0.05) is 5.92 Å². The predicted molar refractivity (Wildman–Crippen MR) is 140 cm³/mol. The molecule has 3 aromatic rings. The Labute approximate surface area is 208 Å². The summed E-state index contributed by atoms with van der Waals surface area (Å²) in [6, 6.07) is 17.8. The summed E-state index contributed by atoms with van der Waals surface area (Å²) in [5, 5.41) is 18.7. The van der Waals surface area contributed by atoms with Crippen molar-refractivity contribution in [3.8, 4) is 6.07 Å². The van der Waals surface area contributed by atoms with Gasteiger partial charge in [0.25, 0.3) is 5.56 Å². The minimum absolute atomic E-state index is 0.138. The summed E-state index contributed by atoms with van der Waals surface area (Å²) in [5.74, 6) is -1.84. The zero-order valence-electron chi connectivity index (χ0n) is 20.2. The molecule has 1 aliphatic heterocycles. The van der Waals surface area contributed by atoms with E-state index >= 15 is 0 Å². The van der Waals surface area contributed by atoms with Crippen LogP contribution in [-0.2, 0) is 4.79 Å². The summed E-state index contributed by atoms with van der Waals surface area (Å²) in [6.07, 6.45) is 1.75. The Balaban J connectivity index is 1.95. The number of thiazole rings is 1. The fourth-order valence-electron chi connectivity index (χ4n) is 4.45. The average molecular weight is 485 g/mol. The fraction of sp³-hybridized carbons (Fsp3) is 0.286. The van der Waals surface area contributed by atoms with Gasteiger partial charge >= 0.3 is 0 Å². The first-order valence-corrected chi connectivity index (χ1v) is 12.4. The van der Waals surface area contributed by atoms with Gasteiger partial charge in [-0.15, -0.1) is 11.3 Å². The summed E-state index contributed by atoms with van der Waals surface area (Å²) in [4.78, 5) is 26.0. The first-order chi connectivity index (χ1) is 16.6. The fourth-order valence-corrected chi connectivity index (χ4v) is 5.64. The SMILES string of the molecule is CC(C)c1ccc(/C=c2\sc3n(c2=O)C(=N)C(C#N)C(c2ccc(C(C)C)cc2)C=3C(N)=O)cc1. The van der Waals surface area contributed by atoms with Crippen LogP contribution in [0.25, 0.3) is 11.6 Å². The smallest absolute Gasteiger partial charge is 0.274 e. The third-order valence-electron chi connectivity index (χ3n) is 6.50. The van der Waals surface area contributed by atoms with Gasteiger partial charge in [-0.05, 0) is 40.2 Å². The molecule has 7 heteroatoms. The highest BCUT2D eigenvalue weighted by Crippen LogP contribution is 2.35. The molecular formula is C28H28N4O2S. The summed E-state index contributed by atoms with van der Waals surface area (Å²) >= 11 is 1.13. The number of amides is 1. The molecule has 0 saturated heterocycles. The third kappa shape index (κ3) is 4.38. The van der Waals surface area contributed by atoms with Gasteiger partial charge in [-0.3, -0.25) is 19.6 Å². The molecule has 3 N–H and O–H groups in total. The molecule has 1 aromatic heterocycles. The maximum absolute atomic E-state index is 13.3. The van der Waals surface area contributed by atoms with Crippen LogP contribution in [0.3, 0.4) is 0 Å². The first kappa shape index (κ1) is 24.4. The molecule has 2 unspecified atom stereocenters. The minimum Gasteiger partial charge on any atom is -0.366 e. The number of benzene rings is 2. The molecule has 2 atom stereocenters. The van der Waals surface area contributed by atoms with Gasteiger partial charge < -0.3 is 5.73 Å². The highest BCUT2D eigenvalue weighted by atomic mass is 32.1. The summed E-state index contributed by atoms with van der Waals surface area (Å²) in [5.41, 5.74) is 9.49. The molecule has 0 aliphatic carbocycles. The molecule has 178 valence electrons. The van der Waals surface area contributed by atoms with Crippen LogP contribution in [0, 0.1) is 22.7 Å². The number of nitrogens with zero attached hydrogens (tertiary/aromatic N) is 2. The lowest BCUT2D eigenvalue weighted by Gasteiger charge is -2.28. The molecule has 2 heterocycles. The molecular weight excluding hydrogens is 456 g/mol. The van der Waals surface area contributed by atoms with Crippen LogP contribution >= 0.6 is 11.3 Å². The second-order valence-electron chi connectivity index (χ2n) is 9.45. The molecule has 0 bridgehead atoms. The van der Waals surface area contributed by atoms with Crippen molar-refractivity contribution in [3.63, 3.8) is 0 Å². The van der Waals surface area contributed by atoms with E-state index in [4.69, 9.17) is 11.1 Å². The zero-order valence-corrected chi connectivity index (χ0v) is 21.0. The molecule has 0 radical (unpaired) electrons. The number of fused-ring (bicyclic) bond motifs is 1. The molecule has 6 nitrogen and oxygen atoms in total. The van der Waals surface area contributed by atoms with E-state index in [0.717, 1.165) is 28.0 Å². The molecule has 0 spiro atoms. The van der Waals surface area contributed by atoms with Gasteiger partial charge in [0.1, 0.15) is 16.4 Å². The van der Waals surface area contributed by atoms with Crippen molar-refractivity contribution in [1.29, 1.82) is 10.7 Å². The molecule has 0 fully saturated rings. The Bertz CT molecular complexity index is 1520. The Morgan fingerprint density at radius 1 is 1.06 bits per heavy atom. The van der Waals surface area contributed by atoms with Crippen molar-refractivity contribution in [3.05, 3.63) is 90.3 Å². The lowest BCUT2D eigenvalue weighted by molar-refractivity contribution is -0.113. The van der Waals surface area contributed by atoms with Gasteiger partial charge in [0.05, 0.1) is 16.2 Å². The van der Waals surface area contributed by atoms with Crippen LogP contribution in [0.5, 0.6) is 0 Å². The molecule has 4 rings (SSSR count). The summed E-state index contributed by atoms with van der Waals surface area (Å²) in [6.45, 7) is 8.40. The number of primary amides is 1. The number of hydrogen-bond acceptors (Lipinski definition) is 5. The Morgan fingerprint density at radius 3 is 2.09 bits per heavy atom. The van der Waals surface area contributed by atoms with Crippen LogP contribution in [0.15, 0.2) is 53.3 Å². The molecule has 2 aromatic carbocycles. The van der Waals surface area contributed by atoms with Crippen molar-refractivity contribution >= 4 is 34.7 Å². The number of nitrogens with one attached hydrogen (secondary N) is 1. The van der Waals surface area contributed by atoms with Gasteiger partial charge in [0.2, 0.25) is 5.91 Å². The Hall–Kier alpha value is -3.76. The van der Waals surface area contributed by atoms with Crippen LogP contribution in [0.2, 0.25) is 0 Å². The van der Waals surface area contributed by atoms with Crippen molar-refractivity contribution in [2.75, 3.05) is 0 Å². The lowest BCUT2D eigenvalue weighted by atomic mass is 9.78. The summed E-state index contributed by atoms with van der Waals surface area (Å²) in [7, 11) is 0. The third-order valence-corrected chi connectivity index (χ3v) is 7.61. The normalized spacial score (nSPS) is 18.1. The topological polar surface area (TPSA) is 113 Å². The van der Waals surface area contributed by atoms with Crippen molar-refractivity contribution in [2.45, 2.75) is 45.4 Å². The quantitative estimate of drug-likeness (QED) is 0.579. The van der Waals surface area contributed by atoms with Gasteiger partial charge in [-0.2, -0.15) is 5.26 Å². The number of aromatic nitrogens is 1. The van der Waals surface area contributed by atoms with E-state index in [2.05, 4.69) is 33.8 Å². The van der Waals surface area contributed by atoms with Gasteiger partial charge in [-0.25, -0.2) is 0 Å². The number of carbonyl (C=O) groups excluding carboxylic acids is 1. The van der Waals surface area contributed by atoms with Crippen LogP contribution < -0.4 is 20.5 Å². The van der Waals surface area contributed by atoms with Crippen LogP contribution in [0.1, 0.15) is 67.7 Å². The highest BCUT2D eigenvalue weighted by Gasteiger charge is 2.39. The van der Waals surface area contributed by atoms with Gasteiger partial charge in [0.15, 0.2) is 0 Å². The van der Waals surface area contributed by atoms with E-state index in [1.807, 2.05) is 48.5 Å². The standard InChI is InChI=1S/C28H28N4O2S/c1-15(2)18-7-5-17(6-8-18)13-22-27(34)32-25(30)21(14-29)23(24(26(31)33)28(32)35-22)20-11-9-19(10-12-20)16(3)4/h5-13,15-16,21,23,30H,1-4H3,(H2,31,33)/b22-13-,30-25?. The molecule has 0 saturated carbocycles. The maximum atomic E-state index is 13.3. The van der Waals surface area contributed by atoms with Crippen molar-refractivity contribution < 1.29 is 4.79 Å². The largest absolute Gasteiger partial charge is 0.366 e. The second-order valence-corrected chi connectivity index (χ2v) is 10.5. The maximum Gasteiger partial charge on any atom is 0.274 e. The molecule has 35 heavy (non-hydrogen) atoms. The number of rotatable bonds is 5. The molecule has 1 amide bonds. The highest BCUT2D eigenvalue weighted by molar-refractivity contribution is 7.07. The van der Waals surface area contributed by atoms with Crippen LogP contribution in [-0.4, -0.2) is 16.3 Å². The first-order valence-electron chi connectivity index (χ1n) is 11.6. The second kappa shape index (κ2) is 9.47. The van der Waals surface area contributed by atoms with E-state index < -0.39 is 23.3 Å². The van der Waals surface area contributed by atoms with E-state index in [-0.39, 0.29) is 11.4 Å².